The average Bonchev–Trinajstić information content (AvgIpc) is 2.96. The van der Waals surface area contributed by atoms with E-state index in [0.717, 1.165) is 22.3 Å². The molecule has 0 saturated heterocycles. The quantitative estimate of drug-likeness (QED) is 0.169. The van der Waals surface area contributed by atoms with Crippen molar-refractivity contribution in [1.29, 1.82) is 5.26 Å². The van der Waals surface area contributed by atoms with Crippen LogP contribution in [-0.4, -0.2) is 12.5 Å². The fraction of sp³-hybridized carbons (Fsp3) is 0.152. The van der Waals surface area contributed by atoms with Crippen LogP contribution in [0.25, 0.3) is 6.08 Å². The zero-order valence-corrected chi connectivity index (χ0v) is 22.0. The summed E-state index contributed by atoms with van der Waals surface area (Å²) in [5.41, 5.74) is 4.48. The van der Waals surface area contributed by atoms with E-state index in [4.69, 9.17) is 14.2 Å². The summed E-state index contributed by atoms with van der Waals surface area (Å²) in [6.45, 7) is 5.23. The largest absolute Gasteiger partial charge is 0.490 e. The molecular weight excluding hydrogens is 488 g/mol. The molecule has 0 saturated carbocycles. The molecule has 0 fully saturated rings. The molecule has 6 nitrogen and oxygen atoms in total. The van der Waals surface area contributed by atoms with E-state index in [1.54, 1.807) is 42.5 Å². The topological polar surface area (TPSA) is 80.6 Å². The summed E-state index contributed by atoms with van der Waals surface area (Å²) in [5.74, 6) is 1.56. The number of nitrogens with one attached hydrogen (secondary N) is 1. The Morgan fingerprint density at radius 1 is 0.821 bits per heavy atom. The highest BCUT2D eigenvalue weighted by Crippen LogP contribution is 2.30. The molecule has 1 N–H and O–H groups in total. The van der Waals surface area contributed by atoms with E-state index in [-0.39, 0.29) is 5.57 Å². The molecule has 0 aliphatic heterocycles. The van der Waals surface area contributed by atoms with Crippen molar-refractivity contribution in [1.82, 2.24) is 0 Å². The summed E-state index contributed by atoms with van der Waals surface area (Å²) in [5, 5.41) is 12.2. The van der Waals surface area contributed by atoms with Crippen LogP contribution < -0.4 is 19.5 Å². The minimum absolute atomic E-state index is 0.0160. The van der Waals surface area contributed by atoms with Crippen LogP contribution in [0.1, 0.15) is 29.2 Å². The number of nitriles is 1. The second kappa shape index (κ2) is 13.5. The number of benzene rings is 4. The van der Waals surface area contributed by atoms with Crippen LogP contribution in [-0.2, 0) is 18.0 Å². The van der Waals surface area contributed by atoms with Gasteiger partial charge in [-0.15, -0.1) is 0 Å². The van der Waals surface area contributed by atoms with E-state index in [1.807, 2.05) is 80.6 Å². The van der Waals surface area contributed by atoms with Crippen LogP contribution in [0.3, 0.4) is 0 Å². The molecule has 0 aromatic heterocycles. The summed E-state index contributed by atoms with van der Waals surface area (Å²) >= 11 is 0. The maximum Gasteiger partial charge on any atom is 0.266 e. The van der Waals surface area contributed by atoms with Gasteiger partial charge in [0.1, 0.15) is 30.6 Å². The molecule has 4 aromatic rings. The first-order valence-corrected chi connectivity index (χ1v) is 12.7. The second-order valence-corrected chi connectivity index (χ2v) is 8.84. The molecule has 0 unspecified atom stereocenters. The fourth-order valence-corrected chi connectivity index (χ4v) is 3.74. The van der Waals surface area contributed by atoms with Crippen molar-refractivity contribution < 1.29 is 19.0 Å². The lowest BCUT2D eigenvalue weighted by Crippen LogP contribution is -2.13. The first-order valence-electron chi connectivity index (χ1n) is 12.7. The number of ether oxygens (including phenoxy) is 3. The zero-order valence-electron chi connectivity index (χ0n) is 22.0. The van der Waals surface area contributed by atoms with Crippen molar-refractivity contribution in [2.45, 2.75) is 27.1 Å². The molecule has 6 heteroatoms. The molecule has 39 heavy (non-hydrogen) atoms. The Morgan fingerprint density at radius 2 is 1.54 bits per heavy atom. The maximum atomic E-state index is 12.5. The minimum Gasteiger partial charge on any atom is -0.490 e. The molecular formula is C33H30N2O4. The summed E-state index contributed by atoms with van der Waals surface area (Å²) in [6.07, 6.45) is 1.55. The number of aryl methyl sites for hydroxylation is 1. The van der Waals surface area contributed by atoms with Gasteiger partial charge in [0, 0.05) is 5.69 Å². The highest BCUT2D eigenvalue weighted by Gasteiger charge is 2.10. The number of carbonyl (C=O) groups is 1. The predicted octanol–water partition coefficient (Wildman–Crippen LogP) is 7.10. The Hall–Kier alpha value is -5.02. The first-order chi connectivity index (χ1) is 19.0. The Balaban J connectivity index is 1.36. The number of carbonyl (C=O) groups excluding carboxylic acids is 1. The van der Waals surface area contributed by atoms with Gasteiger partial charge in [-0.3, -0.25) is 4.79 Å². The van der Waals surface area contributed by atoms with E-state index in [2.05, 4.69) is 5.32 Å². The van der Waals surface area contributed by atoms with Gasteiger partial charge in [-0.25, -0.2) is 0 Å². The van der Waals surface area contributed by atoms with Crippen LogP contribution in [0.4, 0.5) is 5.69 Å². The monoisotopic (exact) mass is 518 g/mol. The lowest BCUT2D eigenvalue weighted by atomic mass is 10.1. The molecule has 1 amide bonds. The number of hydrogen-bond acceptors (Lipinski definition) is 5. The Bertz CT molecular complexity index is 1450. The van der Waals surface area contributed by atoms with Crippen LogP contribution in [0.5, 0.6) is 17.2 Å². The van der Waals surface area contributed by atoms with Crippen molar-refractivity contribution in [3.63, 3.8) is 0 Å². The zero-order chi connectivity index (χ0) is 27.5. The molecule has 0 bridgehead atoms. The summed E-state index contributed by atoms with van der Waals surface area (Å²) in [4.78, 5) is 12.5. The van der Waals surface area contributed by atoms with Gasteiger partial charge in [-0.1, -0.05) is 66.2 Å². The van der Waals surface area contributed by atoms with E-state index in [0.29, 0.717) is 42.8 Å². The van der Waals surface area contributed by atoms with Gasteiger partial charge in [0.2, 0.25) is 0 Å². The van der Waals surface area contributed by atoms with E-state index in [1.165, 1.54) is 0 Å². The standard InChI is InChI=1S/C33H30N2O4/c1-3-37-32-20-27(13-18-31(32)39-22-26-7-5-4-6-8-26)23-38-30-16-11-25(12-17-30)19-28(21-34)33(36)35-29-14-9-24(2)10-15-29/h4-20H,3,22-23H2,1-2H3,(H,35,36)/b28-19-. The Kier molecular flexibility index (Phi) is 9.36. The number of amides is 1. The van der Waals surface area contributed by atoms with E-state index < -0.39 is 5.91 Å². The summed E-state index contributed by atoms with van der Waals surface area (Å²) in [7, 11) is 0. The molecule has 196 valence electrons. The molecule has 0 aliphatic rings. The van der Waals surface area contributed by atoms with Gasteiger partial charge >= 0.3 is 0 Å². The molecule has 4 rings (SSSR count). The molecule has 0 aliphatic carbocycles. The average molecular weight is 519 g/mol. The third-order valence-corrected chi connectivity index (χ3v) is 5.82. The number of nitrogens with zero attached hydrogens (tertiary/aromatic N) is 1. The van der Waals surface area contributed by atoms with Crippen molar-refractivity contribution in [3.05, 3.63) is 125 Å². The number of hydrogen-bond donors (Lipinski definition) is 1. The minimum atomic E-state index is -0.456. The third kappa shape index (κ3) is 7.98. The third-order valence-electron chi connectivity index (χ3n) is 5.82. The molecule has 0 heterocycles. The van der Waals surface area contributed by atoms with Crippen LogP contribution in [0.2, 0.25) is 0 Å². The van der Waals surface area contributed by atoms with Crippen LogP contribution in [0, 0.1) is 18.3 Å². The van der Waals surface area contributed by atoms with Gasteiger partial charge in [-0.05, 0) is 73.0 Å². The van der Waals surface area contributed by atoms with Gasteiger partial charge in [0.15, 0.2) is 11.5 Å². The highest BCUT2D eigenvalue weighted by atomic mass is 16.5. The predicted molar refractivity (Wildman–Crippen MR) is 153 cm³/mol. The van der Waals surface area contributed by atoms with E-state index in [9.17, 15) is 10.1 Å². The number of rotatable bonds is 11. The summed E-state index contributed by atoms with van der Waals surface area (Å²) < 4.78 is 17.7. The first kappa shape index (κ1) is 27.0. The van der Waals surface area contributed by atoms with Crippen LogP contribution in [0.15, 0.2) is 103 Å². The Morgan fingerprint density at radius 3 is 2.23 bits per heavy atom. The van der Waals surface area contributed by atoms with Gasteiger partial charge in [0.05, 0.1) is 6.61 Å². The lowest BCUT2D eigenvalue weighted by Gasteiger charge is -2.14. The van der Waals surface area contributed by atoms with Gasteiger partial charge in [0.25, 0.3) is 5.91 Å². The number of anilines is 1. The SMILES string of the molecule is CCOc1cc(COc2ccc(/C=C(/C#N)C(=O)Nc3ccc(C)cc3)cc2)ccc1OCc1ccccc1. The maximum absolute atomic E-state index is 12.5. The molecule has 0 atom stereocenters. The van der Waals surface area contributed by atoms with Crippen molar-refractivity contribution in [2.75, 3.05) is 11.9 Å². The van der Waals surface area contributed by atoms with Gasteiger partial charge < -0.3 is 19.5 Å². The molecule has 0 spiro atoms. The molecule has 4 aromatic carbocycles. The van der Waals surface area contributed by atoms with Crippen LogP contribution >= 0.6 is 0 Å². The normalized spacial score (nSPS) is 10.8. The Labute approximate surface area is 229 Å². The fourth-order valence-electron chi connectivity index (χ4n) is 3.74. The highest BCUT2D eigenvalue weighted by molar-refractivity contribution is 6.09. The van der Waals surface area contributed by atoms with Crippen molar-refractivity contribution in [2.24, 2.45) is 0 Å². The van der Waals surface area contributed by atoms with Crippen molar-refractivity contribution in [3.8, 4) is 23.3 Å². The van der Waals surface area contributed by atoms with Crippen molar-refractivity contribution >= 4 is 17.7 Å². The smallest absolute Gasteiger partial charge is 0.266 e. The second-order valence-electron chi connectivity index (χ2n) is 8.84. The summed E-state index contributed by atoms with van der Waals surface area (Å²) in [6, 6.07) is 32.3. The lowest BCUT2D eigenvalue weighted by molar-refractivity contribution is -0.112. The molecule has 0 radical (unpaired) electrons. The van der Waals surface area contributed by atoms with E-state index >= 15 is 0 Å². The van der Waals surface area contributed by atoms with Gasteiger partial charge in [-0.2, -0.15) is 5.26 Å².